The van der Waals surface area contributed by atoms with Crippen LogP contribution in [0.2, 0.25) is 0 Å². The Morgan fingerprint density at radius 3 is 2.88 bits per heavy atom. The van der Waals surface area contributed by atoms with E-state index in [9.17, 15) is 0 Å². The van der Waals surface area contributed by atoms with Gasteiger partial charge in [-0.3, -0.25) is 4.98 Å². The quantitative estimate of drug-likeness (QED) is 0.675. The maximum atomic E-state index is 5.85. The molecule has 3 aromatic heterocycles. The van der Waals surface area contributed by atoms with Crippen molar-refractivity contribution in [2.45, 2.75) is 37.5 Å². The van der Waals surface area contributed by atoms with Crippen molar-refractivity contribution in [2.75, 3.05) is 17.6 Å². The predicted octanol–water partition coefficient (Wildman–Crippen LogP) is 2.76. The van der Waals surface area contributed by atoms with Crippen LogP contribution in [0.4, 0.5) is 11.4 Å². The van der Waals surface area contributed by atoms with Crippen molar-refractivity contribution in [1.29, 1.82) is 0 Å². The first kappa shape index (κ1) is 13.8. The molecule has 4 N–H and O–H groups in total. The summed E-state index contributed by atoms with van der Waals surface area (Å²) >= 11 is 0. The van der Waals surface area contributed by atoms with Crippen molar-refractivity contribution in [3.8, 4) is 0 Å². The highest BCUT2D eigenvalue weighted by molar-refractivity contribution is 5.74. The van der Waals surface area contributed by atoms with Crippen LogP contribution in [0.3, 0.4) is 0 Å². The van der Waals surface area contributed by atoms with Gasteiger partial charge in [-0.05, 0) is 43.9 Å². The largest absolute Gasteiger partial charge is 0.397 e. The molecule has 0 spiro atoms. The number of aryl methyl sites for hydroxylation is 1. The monoisotopic (exact) mass is 320 g/mol. The number of H-pyrrole nitrogens is 1. The number of fused-ring (bicyclic) bond motifs is 2. The van der Waals surface area contributed by atoms with Gasteiger partial charge >= 0.3 is 0 Å². The lowest BCUT2D eigenvalue weighted by Crippen LogP contribution is -2.38. The predicted molar refractivity (Wildman–Crippen MR) is 94.0 cm³/mol. The Morgan fingerprint density at radius 2 is 2.04 bits per heavy atom. The number of nitrogens with zero attached hydrogens (tertiary/aromatic N) is 3. The summed E-state index contributed by atoms with van der Waals surface area (Å²) in [7, 11) is 0. The first-order valence-corrected chi connectivity index (χ1v) is 8.61. The lowest BCUT2D eigenvalue weighted by Gasteiger charge is -2.40. The summed E-state index contributed by atoms with van der Waals surface area (Å²) in [5.41, 5.74) is 11.5. The molecule has 0 bridgehead atoms. The van der Waals surface area contributed by atoms with Gasteiger partial charge in [-0.1, -0.05) is 6.42 Å². The van der Waals surface area contributed by atoms with Crippen molar-refractivity contribution in [2.24, 2.45) is 0 Å². The Morgan fingerprint density at radius 1 is 1.12 bits per heavy atom. The second-order valence-electron chi connectivity index (χ2n) is 6.88. The number of nitrogens with two attached hydrogens (primary N) is 1. The lowest BCUT2D eigenvalue weighted by atomic mass is 9.65. The van der Waals surface area contributed by atoms with Gasteiger partial charge in [-0.25, -0.2) is 9.97 Å². The van der Waals surface area contributed by atoms with E-state index in [2.05, 4.69) is 27.4 Å². The average Bonchev–Trinajstić information content (AvgIpc) is 2.96. The van der Waals surface area contributed by atoms with Gasteiger partial charge in [0.05, 0.1) is 39.9 Å². The molecular weight excluding hydrogens is 300 g/mol. The number of aromatic nitrogens is 4. The van der Waals surface area contributed by atoms with Crippen LogP contribution in [0.1, 0.15) is 42.9 Å². The number of hydrogen-bond donors (Lipinski definition) is 3. The van der Waals surface area contributed by atoms with Crippen molar-refractivity contribution >= 4 is 22.5 Å². The number of anilines is 2. The fourth-order valence-corrected chi connectivity index (χ4v) is 3.89. The first-order valence-electron chi connectivity index (χ1n) is 8.61. The van der Waals surface area contributed by atoms with E-state index in [1.807, 2.05) is 6.07 Å². The second kappa shape index (κ2) is 4.93. The van der Waals surface area contributed by atoms with Crippen LogP contribution >= 0.6 is 0 Å². The molecule has 0 unspecified atom stereocenters. The molecule has 0 saturated heterocycles. The van der Waals surface area contributed by atoms with E-state index in [1.54, 1.807) is 6.20 Å². The van der Waals surface area contributed by atoms with E-state index in [0.717, 1.165) is 54.9 Å². The molecule has 1 aliphatic heterocycles. The molecule has 5 rings (SSSR count). The molecule has 6 heteroatoms. The van der Waals surface area contributed by atoms with Gasteiger partial charge in [0.15, 0.2) is 5.65 Å². The third-order valence-corrected chi connectivity index (χ3v) is 5.39. The van der Waals surface area contributed by atoms with Gasteiger partial charge in [0, 0.05) is 6.54 Å². The minimum atomic E-state index is -0.109. The molecule has 122 valence electrons. The summed E-state index contributed by atoms with van der Waals surface area (Å²) < 4.78 is 0. The zero-order valence-corrected chi connectivity index (χ0v) is 13.5. The molecule has 24 heavy (non-hydrogen) atoms. The van der Waals surface area contributed by atoms with Crippen LogP contribution < -0.4 is 11.1 Å². The van der Waals surface area contributed by atoms with E-state index in [1.165, 1.54) is 17.8 Å². The van der Waals surface area contributed by atoms with E-state index in [4.69, 9.17) is 15.7 Å². The molecular formula is C18H20N6. The third-order valence-electron chi connectivity index (χ3n) is 5.39. The van der Waals surface area contributed by atoms with Crippen LogP contribution in [-0.2, 0) is 11.8 Å². The smallest absolute Gasteiger partial charge is 0.177 e. The summed E-state index contributed by atoms with van der Waals surface area (Å²) in [4.78, 5) is 17.6. The van der Waals surface area contributed by atoms with Crippen molar-refractivity contribution in [3.05, 3.63) is 41.6 Å². The van der Waals surface area contributed by atoms with Gasteiger partial charge < -0.3 is 16.0 Å². The highest BCUT2D eigenvalue weighted by Crippen LogP contribution is 2.48. The Bertz CT molecular complexity index is 924. The van der Waals surface area contributed by atoms with Gasteiger partial charge in [0.1, 0.15) is 5.82 Å². The van der Waals surface area contributed by atoms with Gasteiger partial charge in [-0.15, -0.1) is 0 Å². The van der Waals surface area contributed by atoms with Gasteiger partial charge in [0.25, 0.3) is 0 Å². The van der Waals surface area contributed by atoms with E-state index in [0.29, 0.717) is 5.69 Å². The number of nitrogens with one attached hydrogen (secondary N) is 2. The normalized spacial score (nSPS) is 18.7. The van der Waals surface area contributed by atoms with Crippen LogP contribution in [0.25, 0.3) is 11.2 Å². The minimum Gasteiger partial charge on any atom is -0.397 e. The van der Waals surface area contributed by atoms with E-state index >= 15 is 0 Å². The Labute approximate surface area is 139 Å². The van der Waals surface area contributed by atoms with E-state index in [-0.39, 0.29) is 5.41 Å². The minimum absolute atomic E-state index is 0.109. The number of aromatic amines is 1. The maximum absolute atomic E-state index is 5.85. The molecule has 0 radical (unpaired) electrons. The van der Waals surface area contributed by atoms with Crippen molar-refractivity contribution < 1.29 is 0 Å². The molecule has 1 aliphatic carbocycles. The Kier molecular flexibility index (Phi) is 2.83. The highest BCUT2D eigenvalue weighted by Gasteiger charge is 2.44. The summed E-state index contributed by atoms with van der Waals surface area (Å²) in [6, 6.07) is 6.23. The third kappa shape index (κ3) is 1.92. The van der Waals surface area contributed by atoms with Crippen LogP contribution in [-0.4, -0.2) is 26.5 Å². The number of imidazole rings is 1. The van der Waals surface area contributed by atoms with E-state index < -0.39 is 0 Å². The summed E-state index contributed by atoms with van der Waals surface area (Å²) in [6.07, 6.45) is 7.19. The fraction of sp³-hybridized carbons (Fsp3) is 0.389. The molecule has 1 saturated carbocycles. The van der Waals surface area contributed by atoms with Crippen LogP contribution in [0, 0.1) is 0 Å². The molecule has 3 aromatic rings. The lowest BCUT2D eigenvalue weighted by molar-refractivity contribution is 0.279. The summed E-state index contributed by atoms with van der Waals surface area (Å²) in [6.45, 7) is 1.04. The molecule has 1 fully saturated rings. The SMILES string of the molecule is Nc1cnc2nc(C3(c4ccc5c(n4)CCCN5)CCC3)[nH]c2c1. The average molecular weight is 320 g/mol. The number of rotatable bonds is 2. The number of hydrogen-bond acceptors (Lipinski definition) is 5. The Balaban J connectivity index is 1.62. The van der Waals surface area contributed by atoms with Crippen molar-refractivity contribution in [1.82, 2.24) is 19.9 Å². The summed E-state index contributed by atoms with van der Waals surface area (Å²) in [5.74, 6) is 0.970. The van der Waals surface area contributed by atoms with Gasteiger partial charge in [-0.2, -0.15) is 0 Å². The van der Waals surface area contributed by atoms with Gasteiger partial charge in [0.2, 0.25) is 0 Å². The molecule has 0 aromatic carbocycles. The zero-order chi connectivity index (χ0) is 16.1. The number of pyridine rings is 2. The molecule has 6 nitrogen and oxygen atoms in total. The van der Waals surface area contributed by atoms with Crippen molar-refractivity contribution in [3.63, 3.8) is 0 Å². The maximum Gasteiger partial charge on any atom is 0.177 e. The zero-order valence-electron chi connectivity index (χ0n) is 13.5. The standard InChI is InChI=1S/C18H20N6/c19-11-9-14-16(21-10-11)24-17(23-14)18(6-2-7-18)15-5-4-12-13(22-15)3-1-8-20-12/h4-5,9-10,20H,1-3,6-8,19H2,(H,21,23,24). The summed E-state index contributed by atoms with van der Waals surface area (Å²) in [5, 5.41) is 3.43. The molecule has 2 aliphatic rings. The van der Waals surface area contributed by atoms with Crippen LogP contribution in [0.15, 0.2) is 24.4 Å². The molecule has 0 amide bonds. The molecule has 4 heterocycles. The first-order chi connectivity index (χ1) is 11.7. The second-order valence-corrected chi connectivity index (χ2v) is 6.88. The highest BCUT2D eigenvalue weighted by atomic mass is 15.0. The Hall–Kier alpha value is -2.63. The topological polar surface area (TPSA) is 92.5 Å². The number of nitrogen functional groups attached to an aromatic ring is 1. The van der Waals surface area contributed by atoms with Crippen LogP contribution in [0.5, 0.6) is 0 Å². The molecule has 0 atom stereocenters. The fourth-order valence-electron chi connectivity index (χ4n) is 3.89.